The van der Waals surface area contributed by atoms with E-state index in [9.17, 15) is 4.79 Å². The summed E-state index contributed by atoms with van der Waals surface area (Å²) >= 11 is 0. The highest BCUT2D eigenvalue weighted by atomic mass is 16.3. The van der Waals surface area contributed by atoms with Gasteiger partial charge in [0.05, 0.1) is 6.26 Å². The molecule has 2 aromatic heterocycles. The SMILES string of the molecule is O=C(Nc1ccc2cc[nH]c2c1)c1ccco1. The third kappa shape index (κ3) is 1.80. The number of carbonyl (C=O) groups excluding carboxylic acids is 1. The quantitative estimate of drug-likeness (QED) is 0.705. The van der Waals surface area contributed by atoms with Crippen LogP contribution in [0.25, 0.3) is 10.9 Å². The van der Waals surface area contributed by atoms with Gasteiger partial charge >= 0.3 is 0 Å². The molecule has 0 aliphatic carbocycles. The fourth-order valence-electron chi connectivity index (χ4n) is 1.73. The lowest BCUT2D eigenvalue weighted by atomic mass is 10.2. The van der Waals surface area contributed by atoms with Crippen molar-refractivity contribution >= 4 is 22.5 Å². The van der Waals surface area contributed by atoms with Crippen LogP contribution in [-0.2, 0) is 0 Å². The maximum atomic E-state index is 11.7. The second-order valence-corrected chi connectivity index (χ2v) is 3.71. The van der Waals surface area contributed by atoms with Crippen molar-refractivity contribution in [2.24, 2.45) is 0 Å². The van der Waals surface area contributed by atoms with Gasteiger partial charge in [0.25, 0.3) is 5.91 Å². The van der Waals surface area contributed by atoms with Crippen LogP contribution in [0, 0.1) is 0 Å². The van der Waals surface area contributed by atoms with Crippen molar-refractivity contribution < 1.29 is 9.21 Å². The Kier molecular flexibility index (Phi) is 2.19. The first kappa shape index (κ1) is 9.72. The molecule has 3 aromatic rings. The van der Waals surface area contributed by atoms with Gasteiger partial charge in [-0.1, -0.05) is 6.07 Å². The molecule has 4 heteroatoms. The van der Waals surface area contributed by atoms with Gasteiger partial charge in [0.15, 0.2) is 5.76 Å². The van der Waals surface area contributed by atoms with Gasteiger partial charge in [-0.25, -0.2) is 0 Å². The molecule has 0 aliphatic heterocycles. The highest BCUT2D eigenvalue weighted by Crippen LogP contribution is 2.18. The number of rotatable bonds is 2. The van der Waals surface area contributed by atoms with Crippen molar-refractivity contribution in [1.82, 2.24) is 4.98 Å². The maximum absolute atomic E-state index is 11.7. The molecule has 0 bridgehead atoms. The molecule has 0 atom stereocenters. The minimum atomic E-state index is -0.249. The van der Waals surface area contributed by atoms with Crippen molar-refractivity contribution in [2.45, 2.75) is 0 Å². The molecule has 0 saturated carbocycles. The third-order valence-electron chi connectivity index (χ3n) is 2.56. The Hall–Kier alpha value is -2.49. The van der Waals surface area contributed by atoms with Crippen LogP contribution in [0.4, 0.5) is 5.69 Å². The fourth-order valence-corrected chi connectivity index (χ4v) is 1.73. The van der Waals surface area contributed by atoms with Crippen molar-refractivity contribution in [2.75, 3.05) is 5.32 Å². The zero-order valence-corrected chi connectivity index (χ0v) is 8.94. The molecule has 1 amide bonds. The van der Waals surface area contributed by atoms with Crippen LogP contribution in [0.15, 0.2) is 53.3 Å². The van der Waals surface area contributed by atoms with Crippen LogP contribution in [0.5, 0.6) is 0 Å². The average Bonchev–Trinajstić information content (AvgIpc) is 2.99. The van der Waals surface area contributed by atoms with Gasteiger partial charge in [0.1, 0.15) is 0 Å². The van der Waals surface area contributed by atoms with Crippen molar-refractivity contribution in [3.8, 4) is 0 Å². The molecule has 1 aromatic carbocycles. The van der Waals surface area contributed by atoms with E-state index in [1.807, 2.05) is 30.5 Å². The first-order valence-corrected chi connectivity index (χ1v) is 5.25. The standard InChI is InChI=1S/C13H10N2O2/c16-13(12-2-1-7-17-12)15-10-4-3-9-5-6-14-11(9)8-10/h1-8,14H,(H,15,16). The number of nitrogens with one attached hydrogen (secondary N) is 2. The number of benzene rings is 1. The lowest BCUT2D eigenvalue weighted by Crippen LogP contribution is -2.10. The number of furan rings is 1. The van der Waals surface area contributed by atoms with Gasteiger partial charge in [0.2, 0.25) is 0 Å². The van der Waals surface area contributed by atoms with Crippen molar-refractivity contribution in [3.63, 3.8) is 0 Å². The molecule has 3 rings (SSSR count). The zero-order valence-electron chi connectivity index (χ0n) is 8.94. The second-order valence-electron chi connectivity index (χ2n) is 3.71. The first-order chi connectivity index (χ1) is 8.33. The number of carbonyl (C=O) groups is 1. The van der Waals surface area contributed by atoms with E-state index in [0.29, 0.717) is 5.76 Å². The van der Waals surface area contributed by atoms with E-state index >= 15 is 0 Å². The fraction of sp³-hybridized carbons (Fsp3) is 0. The van der Waals surface area contributed by atoms with Crippen LogP contribution in [-0.4, -0.2) is 10.9 Å². The van der Waals surface area contributed by atoms with E-state index in [2.05, 4.69) is 10.3 Å². The predicted octanol–water partition coefficient (Wildman–Crippen LogP) is 3.01. The van der Waals surface area contributed by atoms with Crippen LogP contribution < -0.4 is 5.32 Å². The van der Waals surface area contributed by atoms with Crippen LogP contribution in [0.3, 0.4) is 0 Å². The summed E-state index contributed by atoms with van der Waals surface area (Å²) in [6, 6.07) is 11.0. The Labute approximate surface area is 97.2 Å². The summed E-state index contributed by atoms with van der Waals surface area (Å²) in [5, 5.41) is 3.89. The maximum Gasteiger partial charge on any atom is 0.291 e. The molecule has 0 fully saturated rings. The van der Waals surface area contributed by atoms with Gasteiger partial charge in [-0.15, -0.1) is 0 Å². The normalized spacial score (nSPS) is 10.6. The topological polar surface area (TPSA) is 58.0 Å². The van der Waals surface area contributed by atoms with E-state index in [4.69, 9.17) is 4.42 Å². The molecule has 0 spiro atoms. The number of anilines is 1. The lowest BCUT2D eigenvalue weighted by Gasteiger charge is -2.02. The lowest BCUT2D eigenvalue weighted by molar-refractivity contribution is 0.0996. The highest BCUT2D eigenvalue weighted by Gasteiger charge is 2.08. The number of H-pyrrole nitrogens is 1. The molecule has 2 N–H and O–H groups in total. The summed E-state index contributed by atoms with van der Waals surface area (Å²) in [5.41, 5.74) is 1.73. The van der Waals surface area contributed by atoms with Crippen LogP contribution >= 0.6 is 0 Å². The summed E-state index contributed by atoms with van der Waals surface area (Å²) in [4.78, 5) is 14.8. The molecule has 17 heavy (non-hydrogen) atoms. The number of fused-ring (bicyclic) bond motifs is 1. The second kappa shape index (κ2) is 3.83. The zero-order chi connectivity index (χ0) is 11.7. The predicted molar refractivity (Wildman–Crippen MR) is 65.0 cm³/mol. The monoisotopic (exact) mass is 226 g/mol. The van der Waals surface area contributed by atoms with Crippen LogP contribution in [0.2, 0.25) is 0 Å². The molecular formula is C13H10N2O2. The molecule has 2 heterocycles. The van der Waals surface area contributed by atoms with Gasteiger partial charge in [-0.3, -0.25) is 4.79 Å². The third-order valence-corrected chi connectivity index (χ3v) is 2.56. The minimum Gasteiger partial charge on any atom is -0.459 e. The highest BCUT2D eigenvalue weighted by molar-refractivity contribution is 6.03. The molecule has 0 unspecified atom stereocenters. The van der Waals surface area contributed by atoms with Gasteiger partial charge in [-0.2, -0.15) is 0 Å². The van der Waals surface area contributed by atoms with E-state index in [1.165, 1.54) is 6.26 Å². The minimum absolute atomic E-state index is 0.249. The smallest absolute Gasteiger partial charge is 0.291 e. The number of hydrogen-bond acceptors (Lipinski definition) is 2. The number of hydrogen-bond donors (Lipinski definition) is 2. The number of aromatic nitrogens is 1. The van der Waals surface area contributed by atoms with E-state index < -0.39 is 0 Å². The molecule has 0 radical (unpaired) electrons. The van der Waals surface area contributed by atoms with Crippen molar-refractivity contribution in [1.29, 1.82) is 0 Å². The van der Waals surface area contributed by atoms with E-state index in [-0.39, 0.29) is 5.91 Å². The molecule has 0 aliphatic rings. The van der Waals surface area contributed by atoms with Gasteiger partial charge in [0, 0.05) is 17.4 Å². The Morgan fingerprint density at radius 2 is 2.18 bits per heavy atom. The van der Waals surface area contributed by atoms with Crippen molar-refractivity contribution in [3.05, 3.63) is 54.6 Å². The molecule has 4 nitrogen and oxygen atoms in total. The van der Waals surface area contributed by atoms with E-state index in [0.717, 1.165) is 16.6 Å². The summed E-state index contributed by atoms with van der Waals surface area (Å²) < 4.78 is 5.02. The molecule has 0 saturated heterocycles. The summed E-state index contributed by atoms with van der Waals surface area (Å²) in [6.45, 7) is 0. The van der Waals surface area contributed by atoms with E-state index in [1.54, 1.807) is 12.1 Å². The summed E-state index contributed by atoms with van der Waals surface area (Å²) in [5.74, 6) is 0.0532. The van der Waals surface area contributed by atoms with Crippen LogP contribution in [0.1, 0.15) is 10.6 Å². The number of aromatic amines is 1. The Morgan fingerprint density at radius 3 is 3.00 bits per heavy atom. The molecular weight excluding hydrogens is 216 g/mol. The number of amides is 1. The summed E-state index contributed by atoms with van der Waals surface area (Å²) in [7, 11) is 0. The molecule has 84 valence electrons. The Morgan fingerprint density at radius 1 is 1.24 bits per heavy atom. The Bertz CT molecular complexity index is 653. The summed E-state index contributed by atoms with van der Waals surface area (Å²) in [6.07, 6.45) is 3.34. The first-order valence-electron chi connectivity index (χ1n) is 5.25. The average molecular weight is 226 g/mol. The van der Waals surface area contributed by atoms with Gasteiger partial charge in [-0.05, 0) is 35.7 Å². The largest absolute Gasteiger partial charge is 0.459 e. The Balaban J connectivity index is 1.87. The van der Waals surface area contributed by atoms with Gasteiger partial charge < -0.3 is 14.7 Å².